The van der Waals surface area contributed by atoms with Crippen molar-refractivity contribution in [3.63, 3.8) is 0 Å². The van der Waals surface area contributed by atoms with Gasteiger partial charge in [0.1, 0.15) is 10.2 Å². The lowest BCUT2D eigenvalue weighted by Crippen LogP contribution is -2.00. The van der Waals surface area contributed by atoms with E-state index in [-0.39, 0.29) is 8.49 Å². The summed E-state index contributed by atoms with van der Waals surface area (Å²) in [6.45, 7) is 0. The molecule has 0 radical (unpaired) electrons. The Morgan fingerprint density at radius 1 is 1.50 bits per heavy atom. The Morgan fingerprint density at radius 2 is 2.38 bits per heavy atom. The smallest absolute Gasteiger partial charge is 0.131 e. The lowest BCUT2D eigenvalue weighted by molar-refractivity contribution is 0.701. The molecule has 1 aliphatic heterocycles. The van der Waals surface area contributed by atoms with Gasteiger partial charge in [-0.3, -0.25) is 0 Å². The predicted octanol–water partition coefficient (Wildman–Crippen LogP) is 1.17. The highest BCUT2D eigenvalue weighted by atomic mass is 33.3. The highest BCUT2D eigenvalue weighted by Gasteiger charge is 2.03. The second-order valence-corrected chi connectivity index (χ2v) is 7.56. The second kappa shape index (κ2) is 3.69. The quantitative estimate of drug-likeness (QED) is 0.505. The van der Waals surface area contributed by atoms with Gasteiger partial charge in [0.25, 0.3) is 0 Å². The number of hydrogen-bond acceptors (Lipinski definition) is 2. The van der Waals surface area contributed by atoms with Gasteiger partial charge in [-0.2, -0.15) is 0 Å². The highest BCUT2D eigenvalue weighted by molar-refractivity contribution is 8.83. The molecular formula is C4H8OS3. The minimum absolute atomic E-state index is 0.126. The maximum atomic E-state index is 10.2. The van der Waals surface area contributed by atoms with Crippen molar-refractivity contribution in [2.45, 2.75) is 12.8 Å². The minimum Gasteiger partial charge on any atom is -0.205 e. The zero-order chi connectivity index (χ0) is 5.82. The monoisotopic (exact) mass is 168 g/mol. The molecule has 48 valence electrons. The molecule has 1 heterocycles. The summed E-state index contributed by atoms with van der Waals surface area (Å²) in [4.78, 5) is 0. The van der Waals surface area contributed by atoms with Crippen molar-refractivity contribution in [2.75, 3.05) is 11.5 Å². The highest BCUT2D eigenvalue weighted by Crippen LogP contribution is 2.18. The Kier molecular flexibility index (Phi) is 3.15. The first-order valence-corrected chi connectivity index (χ1v) is 6.73. The maximum Gasteiger partial charge on any atom is 0.131 e. The standard InChI is InChI=1S/C4H8OS3/c5-7-8-4-2-1-3-6-8/h1-4H2. The van der Waals surface area contributed by atoms with Gasteiger partial charge in [-0.05, 0) is 21.3 Å². The zero-order valence-corrected chi connectivity index (χ0v) is 6.91. The summed E-state index contributed by atoms with van der Waals surface area (Å²) >= 11 is 0. The van der Waals surface area contributed by atoms with Crippen molar-refractivity contribution in [3.05, 3.63) is 0 Å². The molecule has 0 aromatic heterocycles. The molecule has 0 saturated carbocycles. The predicted molar refractivity (Wildman–Crippen MR) is 42.1 cm³/mol. The first-order valence-electron chi connectivity index (χ1n) is 2.58. The molecule has 1 fully saturated rings. The topological polar surface area (TPSA) is 17.1 Å². The van der Waals surface area contributed by atoms with Crippen molar-refractivity contribution in [1.82, 2.24) is 0 Å². The van der Waals surface area contributed by atoms with Crippen molar-refractivity contribution in [3.8, 4) is 0 Å². The summed E-state index contributed by atoms with van der Waals surface area (Å²) in [5, 5.41) is 0. The molecule has 0 aromatic carbocycles. The van der Waals surface area contributed by atoms with Crippen LogP contribution in [0.4, 0.5) is 0 Å². The van der Waals surface area contributed by atoms with E-state index in [1.54, 1.807) is 0 Å². The first kappa shape index (κ1) is 6.83. The summed E-state index contributed by atoms with van der Waals surface area (Å²) < 4.78 is 10.2. The van der Waals surface area contributed by atoms with Crippen LogP contribution in [0, 0.1) is 0 Å². The van der Waals surface area contributed by atoms with Gasteiger partial charge in [-0.1, -0.05) is 10.8 Å². The molecule has 0 spiro atoms. The molecule has 0 amide bonds. The van der Waals surface area contributed by atoms with Crippen LogP contribution in [-0.2, 0) is 18.7 Å². The van der Waals surface area contributed by atoms with Gasteiger partial charge in [0.15, 0.2) is 0 Å². The minimum atomic E-state index is 0.126. The number of rotatable bonds is 0. The lowest BCUT2D eigenvalue weighted by atomic mass is 10.4. The van der Waals surface area contributed by atoms with E-state index in [9.17, 15) is 4.21 Å². The van der Waals surface area contributed by atoms with Crippen LogP contribution in [0.15, 0.2) is 0 Å². The first-order chi connectivity index (χ1) is 3.93. The molecule has 1 saturated heterocycles. The van der Waals surface area contributed by atoms with E-state index >= 15 is 0 Å². The molecule has 0 N–H and O–H groups in total. The average molecular weight is 168 g/mol. The molecular weight excluding hydrogens is 160 g/mol. The normalized spacial score (nSPS) is 29.8. The molecule has 4 heteroatoms. The van der Waals surface area contributed by atoms with Crippen LogP contribution >= 0.6 is 10.8 Å². The van der Waals surface area contributed by atoms with Gasteiger partial charge in [-0.25, -0.2) is 4.21 Å². The average Bonchev–Trinajstić information content (AvgIpc) is 1.90. The van der Waals surface area contributed by atoms with Crippen molar-refractivity contribution in [1.29, 1.82) is 0 Å². The summed E-state index contributed by atoms with van der Waals surface area (Å²) in [6, 6.07) is 0. The Bertz CT molecular complexity index is 119. The third-order valence-corrected chi connectivity index (χ3v) is 6.60. The maximum absolute atomic E-state index is 10.2. The lowest BCUT2D eigenvalue weighted by Gasteiger charge is -2.08. The van der Waals surface area contributed by atoms with Gasteiger partial charge < -0.3 is 0 Å². The second-order valence-electron chi connectivity index (χ2n) is 1.60. The fourth-order valence-electron chi connectivity index (χ4n) is 0.586. The Balaban J connectivity index is 2.45. The van der Waals surface area contributed by atoms with Crippen LogP contribution in [0.2, 0.25) is 0 Å². The third-order valence-electron chi connectivity index (χ3n) is 0.996. The van der Waals surface area contributed by atoms with E-state index in [0.717, 1.165) is 16.0 Å². The molecule has 1 atom stereocenters. The van der Waals surface area contributed by atoms with Gasteiger partial charge in [-0.15, -0.1) is 0 Å². The molecule has 0 aliphatic carbocycles. The molecule has 8 heavy (non-hydrogen) atoms. The van der Waals surface area contributed by atoms with Gasteiger partial charge in [0.2, 0.25) is 0 Å². The molecule has 1 nitrogen and oxygen atoms in total. The van der Waals surface area contributed by atoms with E-state index in [4.69, 9.17) is 0 Å². The summed E-state index contributed by atoms with van der Waals surface area (Å²) in [5.41, 5.74) is 0. The SMILES string of the molecule is O=S=S1CCCCS1. The molecule has 0 bridgehead atoms. The van der Waals surface area contributed by atoms with E-state index in [1.807, 2.05) is 10.8 Å². The van der Waals surface area contributed by atoms with Crippen LogP contribution in [-0.4, -0.2) is 15.7 Å². The van der Waals surface area contributed by atoms with Crippen LogP contribution in [0.25, 0.3) is 0 Å². The van der Waals surface area contributed by atoms with Gasteiger partial charge in [0, 0.05) is 11.5 Å². The van der Waals surface area contributed by atoms with Crippen LogP contribution in [0.3, 0.4) is 0 Å². The van der Waals surface area contributed by atoms with Gasteiger partial charge in [0.05, 0.1) is 0 Å². The van der Waals surface area contributed by atoms with E-state index in [1.165, 1.54) is 18.6 Å². The summed E-state index contributed by atoms with van der Waals surface area (Å²) in [6.07, 6.45) is 2.58. The zero-order valence-electron chi connectivity index (χ0n) is 4.46. The number of hydrogen-bond donors (Lipinski definition) is 0. The van der Waals surface area contributed by atoms with Gasteiger partial charge >= 0.3 is 0 Å². The van der Waals surface area contributed by atoms with Crippen LogP contribution in [0.5, 0.6) is 0 Å². The fourth-order valence-corrected chi connectivity index (χ4v) is 5.02. The van der Waals surface area contributed by atoms with Crippen molar-refractivity contribution < 1.29 is 4.21 Å². The Hall–Kier alpha value is 0.720. The summed E-state index contributed by atoms with van der Waals surface area (Å²) in [5.74, 6) is 2.36. The van der Waals surface area contributed by atoms with E-state index in [2.05, 4.69) is 0 Å². The summed E-state index contributed by atoms with van der Waals surface area (Å²) in [7, 11) is 2.75. The largest absolute Gasteiger partial charge is 0.205 e. The van der Waals surface area contributed by atoms with Crippen molar-refractivity contribution >= 4 is 29.5 Å². The third kappa shape index (κ3) is 1.91. The van der Waals surface area contributed by atoms with Crippen molar-refractivity contribution in [2.24, 2.45) is 0 Å². The Morgan fingerprint density at radius 3 is 2.75 bits per heavy atom. The van der Waals surface area contributed by atoms with Crippen LogP contribution < -0.4 is 0 Å². The van der Waals surface area contributed by atoms with E-state index in [0.29, 0.717) is 0 Å². The molecule has 1 unspecified atom stereocenters. The van der Waals surface area contributed by atoms with Crippen LogP contribution in [0.1, 0.15) is 12.8 Å². The molecule has 1 rings (SSSR count). The fraction of sp³-hybridized carbons (Fsp3) is 1.00. The molecule has 0 aromatic rings. The van der Waals surface area contributed by atoms with E-state index < -0.39 is 0 Å². The Labute approximate surface area is 58.3 Å². The molecule has 1 aliphatic rings.